The highest BCUT2D eigenvalue weighted by Gasteiger charge is 2.33. The number of carbonyl (C=O) groups is 1. The Balaban J connectivity index is 3.31. The Bertz CT molecular complexity index is 775. The van der Waals surface area contributed by atoms with Gasteiger partial charge in [-0.3, -0.25) is 19.2 Å². The number of carboxylic acids is 1. The van der Waals surface area contributed by atoms with Crippen LogP contribution in [0.5, 0.6) is 5.75 Å². The number of hydrogen-bond acceptors (Lipinski definition) is 6. The van der Waals surface area contributed by atoms with Crippen molar-refractivity contribution in [3.8, 4) is 5.75 Å². The number of nitrogens with zero attached hydrogens (tertiary/aromatic N) is 2. The summed E-state index contributed by atoms with van der Waals surface area (Å²) in [5.74, 6) is -0.915. The molecule has 10 nitrogen and oxygen atoms in total. The van der Waals surface area contributed by atoms with Crippen molar-refractivity contribution >= 4 is 42.5 Å². The van der Waals surface area contributed by atoms with Crippen molar-refractivity contribution in [3.05, 3.63) is 46.5 Å². The quantitative estimate of drug-likeness (QED) is 0.137. The van der Waals surface area contributed by atoms with Gasteiger partial charge in [0.1, 0.15) is 11.9 Å². The minimum Gasteiger partial charge on any atom is -0.482 e. The zero-order chi connectivity index (χ0) is 22.0. The summed E-state index contributed by atoms with van der Waals surface area (Å²) >= 11 is 11.4. The van der Waals surface area contributed by atoms with E-state index in [-0.39, 0.29) is 48.3 Å². The van der Waals surface area contributed by atoms with E-state index in [4.69, 9.17) is 43.1 Å². The van der Waals surface area contributed by atoms with E-state index in [1.807, 2.05) is 0 Å². The molecular weight excluding hydrogens is 448 g/mol. The van der Waals surface area contributed by atoms with Crippen molar-refractivity contribution in [2.24, 2.45) is 5.50 Å². The Labute approximate surface area is 177 Å². The van der Waals surface area contributed by atoms with E-state index in [9.17, 15) is 19.5 Å². The Hall–Kier alpha value is -1.68. The molecule has 0 aliphatic rings. The number of alkyl halides is 2. The van der Waals surface area contributed by atoms with Crippen LogP contribution in [0.2, 0.25) is 0 Å². The van der Waals surface area contributed by atoms with E-state index < -0.39 is 31.3 Å². The molecule has 2 unspecified atom stereocenters. The van der Waals surface area contributed by atoms with E-state index >= 15 is 0 Å². The predicted molar refractivity (Wildman–Crippen MR) is 110 cm³/mol. The number of benzene rings is 1. The van der Waals surface area contributed by atoms with Crippen LogP contribution in [0.15, 0.2) is 30.9 Å². The number of ether oxygens (including phenoxy) is 1. The van der Waals surface area contributed by atoms with Crippen LogP contribution < -0.4 is 10.2 Å². The normalized spacial score (nSPS) is 14.2. The first-order chi connectivity index (χ1) is 13.7. The molecule has 0 saturated heterocycles. The molecule has 1 aromatic carbocycles. The fourth-order valence-electron chi connectivity index (χ4n) is 2.40. The van der Waals surface area contributed by atoms with E-state index in [0.29, 0.717) is 0 Å². The van der Waals surface area contributed by atoms with Gasteiger partial charge in [0.15, 0.2) is 6.61 Å². The molecule has 162 valence electrons. The molecule has 2 atom stereocenters. The molecular formula is C16H22Cl2N3O7P. The molecule has 0 fully saturated rings. The van der Waals surface area contributed by atoms with Crippen LogP contribution in [0.4, 0.5) is 5.69 Å². The third-order valence-corrected chi connectivity index (χ3v) is 5.73. The molecule has 0 aromatic heterocycles. The van der Waals surface area contributed by atoms with Crippen molar-refractivity contribution < 1.29 is 28.7 Å². The van der Waals surface area contributed by atoms with Gasteiger partial charge in [-0.2, -0.15) is 0 Å². The lowest BCUT2D eigenvalue weighted by Gasteiger charge is -2.30. The first-order valence-electron chi connectivity index (χ1n) is 8.34. The Morgan fingerprint density at radius 2 is 2.03 bits per heavy atom. The average Bonchev–Trinajstić information content (AvgIpc) is 2.65. The lowest BCUT2D eigenvalue weighted by molar-refractivity contribution is -0.386. The fourth-order valence-corrected chi connectivity index (χ4v) is 4.50. The van der Waals surface area contributed by atoms with Crippen molar-refractivity contribution in [3.63, 3.8) is 0 Å². The molecule has 0 spiro atoms. The minimum absolute atomic E-state index is 0.0140. The van der Waals surface area contributed by atoms with Gasteiger partial charge in [-0.25, -0.2) is 15.0 Å². The van der Waals surface area contributed by atoms with Gasteiger partial charge in [0, 0.05) is 30.9 Å². The monoisotopic (exact) mass is 469 g/mol. The Kier molecular flexibility index (Phi) is 10.6. The van der Waals surface area contributed by atoms with E-state index in [2.05, 4.69) is 6.58 Å². The summed E-state index contributed by atoms with van der Waals surface area (Å²) in [6.45, 7) is 3.21. The highest BCUT2D eigenvalue weighted by atomic mass is 35.5. The molecule has 0 bridgehead atoms. The molecule has 0 amide bonds. The first-order valence-corrected chi connectivity index (χ1v) is 11.1. The Morgan fingerprint density at radius 3 is 2.52 bits per heavy atom. The molecule has 29 heavy (non-hydrogen) atoms. The topological polar surface area (TPSA) is 145 Å². The maximum absolute atomic E-state index is 13.0. The second kappa shape index (κ2) is 12.1. The van der Waals surface area contributed by atoms with Gasteiger partial charge in [-0.1, -0.05) is 6.08 Å². The lowest BCUT2D eigenvalue weighted by atomic mass is 10.0. The van der Waals surface area contributed by atoms with Crippen molar-refractivity contribution in [1.29, 1.82) is 0 Å². The van der Waals surface area contributed by atoms with Gasteiger partial charge in [-0.05, 0) is 18.6 Å². The zero-order valence-corrected chi connectivity index (χ0v) is 17.8. The van der Waals surface area contributed by atoms with Crippen molar-refractivity contribution in [1.82, 2.24) is 4.67 Å². The van der Waals surface area contributed by atoms with Gasteiger partial charge < -0.3 is 9.84 Å². The number of hydrogen-bond donors (Lipinski definition) is 2. The summed E-state index contributed by atoms with van der Waals surface area (Å²) in [5.41, 5.74) is 5.57. The van der Waals surface area contributed by atoms with E-state index in [1.54, 1.807) is 0 Å². The van der Waals surface area contributed by atoms with Crippen LogP contribution in [0.1, 0.15) is 18.1 Å². The summed E-state index contributed by atoms with van der Waals surface area (Å²) in [5, 5.41) is 20.2. The molecule has 1 aromatic rings. The average molecular weight is 470 g/mol. The third-order valence-electron chi connectivity index (χ3n) is 3.64. The highest BCUT2D eigenvalue weighted by Crippen LogP contribution is 2.49. The maximum atomic E-state index is 13.0. The number of nitro groups is 1. The van der Waals surface area contributed by atoms with Crippen LogP contribution in [0.3, 0.4) is 0 Å². The van der Waals surface area contributed by atoms with E-state index in [1.165, 1.54) is 22.9 Å². The van der Waals surface area contributed by atoms with Crippen LogP contribution in [-0.4, -0.2) is 52.1 Å². The number of aliphatic carboxylic acids is 1. The van der Waals surface area contributed by atoms with Crippen LogP contribution >= 0.6 is 30.9 Å². The lowest BCUT2D eigenvalue weighted by Crippen LogP contribution is -2.30. The first kappa shape index (κ1) is 25.4. The SMILES string of the molecule is C=CCC(OP(N)(=O)N(CCCl)CCCl)c1cc(OCC(=O)O)ccc1[N+](=O)[O-]. The number of carboxylic acid groups (broad SMARTS) is 1. The van der Waals surface area contributed by atoms with E-state index in [0.717, 1.165) is 6.07 Å². The summed E-state index contributed by atoms with van der Waals surface area (Å²) in [6.07, 6.45) is 0.359. The summed E-state index contributed by atoms with van der Waals surface area (Å²) in [6, 6.07) is 3.65. The second-order valence-corrected chi connectivity index (χ2v) is 8.34. The summed E-state index contributed by atoms with van der Waals surface area (Å²) < 4.78 is 24.9. The molecule has 1 rings (SSSR count). The largest absolute Gasteiger partial charge is 0.482 e. The van der Waals surface area contributed by atoms with Gasteiger partial charge in [0.2, 0.25) is 0 Å². The van der Waals surface area contributed by atoms with Gasteiger partial charge in [0.05, 0.1) is 10.5 Å². The van der Waals surface area contributed by atoms with Crippen molar-refractivity contribution in [2.75, 3.05) is 31.5 Å². The van der Waals surface area contributed by atoms with Gasteiger partial charge in [-0.15, -0.1) is 29.8 Å². The minimum atomic E-state index is -3.92. The molecule has 0 radical (unpaired) electrons. The Morgan fingerprint density at radius 1 is 1.41 bits per heavy atom. The number of nitro benzene ring substituents is 1. The smallest absolute Gasteiger partial charge is 0.341 e. The second-order valence-electron chi connectivity index (χ2n) is 5.67. The number of halogens is 2. The third kappa shape index (κ3) is 7.93. The van der Waals surface area contributed by atoms with Crippen LogP contribution in [-0.2, 0) is 13.9 Å². The zero-order valence-electron chi connectivity index (χ0n) is 15.4. The summed E-state index contributed by atoms with van der Waals surface area (Å²) in [7, 11) is -3.92. The standard InChI is InChI=1S/C16H22Cl2N3O7P/c1-2-3-15(28-29(19,26)20(8-6-17)9-7-18)13-10-12(27-11-16(22)23)4-5-14(13)21(24)25/h2,4-5,10,15H,1,3,6-9,11H2,(H2,19,26)(H,22,23). The molecule has 0 heterocycles. The predicted octanol–water partition coefficient (Wildman–Crippen LogP) is 3.54. The fraction of sp³-hybridized carbons (Fsp3) is 0.438. The summed E-state index contributed by atoms with van der Waals surface area (Å²) in [4.78, 5) is 21.5. The number of rotatable bonds is 14. The number of nitrogens with two attached hydrogens (primary N) is 1. The molecule has 0 aliphatic carbocycles. The molecule has 0 aliphatic heterocycles. The van der Waals surface area contributed by atoms with Gasteiger partial charge in [0.25, 0.3) is 5.69 Å². The van der Waals surface area contributed by atoms with Crippen LogP contribution in [0, 0.1) is 10.1 Å². The molecule has 13 heteroatoms. The maximum Gasteiger partial charge on any atom is 0.341 e. The molecule has 0 saturated carbocycles. The van der Waals surface area contributed by atoms with Crippen LogP contribution in [0.25, 0.3) is 0 Å². The van der Waals surface area contributed by atoms with Crippen molar-refractivity contribution in [2.45, 2.75) is 12.5 Å². The highest BCUT2D eigenvalue weighted by molar-refractivity contribution is 7.53. The van der Waals surface area contributed by atoms with Gasteiger partial charge >= 0.3 is 13.6 Å². The molecule has 3 N–H and O–H groups in total.